The van der Waals surface area contributed by atoms with Gasteiger partial charge in [0, 0.05) is 59.3 Å². The first-order valence-corrected chi connectivity index (χ1v) is 11.5. The molecular formula is C22H39N5O6. The van der Waals surface area contributed by atoms with Gasteiger partial charge in [0.15, 0.2) is 0 Å². The maximum atomic E-state index is 12.4. The number of hydrogen-bond acceptors (Lipinski definition) is 10. The number of aliphatic hydroxyl groups excluding tert-OH is 5. The number of carbonyl (C=O) groups excluding carboxylic acids is 1. The predicted molar refractivity (Wildman–Crippen MR) is 122 cm³/mol. The molecule has 1 aliphatic rings. The van der Waals surface area contributed by atoms with E-state index in [1.807, 2.05) is 18.2 Å². The van der Waals surface area contributed by atoms with E-state index in [-0.39, 0.29) is 18.9 Å². The first-order chi connectivity index (χ1) is 15.8. The number of carbonyl (C=O) groups is 1. The van der Waals surface area contributed by atoms with Crippen molar-refractivity contribution in [3.63, 3.8) is 0 Å². The first-order valence-electron chi connectivity index (χ1n) is 11.5. The Kier molecular flexibility index (Phi) is 12.1. The lowest BCUT2D eigenvalue weighted by Gasteiger charge is -2.29. The number of aromatic nitrogens is 1. The molecule has 33 heavy (non-hydrogen) atoms. The highest BCUT2D eigenvalue weighted by Crippen LogP contribution is 2.08. The minimum Gasteiger partial charge on any atom is -0.394 e. The van der Waals surface area contributed by atoms with Gasteiger partial charge in [-0.3, -0.25) is 9.78 Å². The lowest BCUT2D eigenvalue weighted by atomic mass is 10.0. The molecular weight excluding hydrogens is 430 g/mol. The standard InChI is InChI=1S/C22H39N5O6/c1-26(14-18(29)21(32)22(33)19(30)15-28)20(31)6-3-9-27-10-7-23-12-16-4-2-5-17(25-16)13-24-8-11-27/h2,4-5,18-19,21-24,28-30,32-33H,3,6-15H2,1H3/t18-,19+,21+,22+/m0/s1. The maximum absolute atomic E-state index is 12.4. The summed E-state index contributed by atoms with van der Waals surface area (Å²) in [5, 5.41) is 54.7. The number of pyridine rings is 1. The van der Waals surface area contributed by atoms with Crippen LogP contribution in [0.25, 0.3) is 0 Å². The molecule has 11 nitrogen and oxygen atoms in total. The van der Waals surface area contributed by atoms with Gasteiger partial charge in [-0.05, 0) is 25.1 Å². The number of rotatable bonds is 10. The van der Waals surface area contributed by atoms with Crippen LogP contribution in [0, 0.1) is 0 Å². The minimum atomic E-state index is -1.71. The number of aliphatic hydroxyl groups is 5. The van der Waals surface area contributed by atoms with Gasteiger partial charge < -0.3 is 46.0 Å². The lowest BCUT2D eigenvalue weighted by molar-refractivity contribution is -0.138. The zero-order valence-electron chi connectivity index (χ0n) is 19.3. The molecule has 1 aromatic rings. The molecule has 1 amide bonds. The van der Waals surface area contributed by atoms with E-state index in [1.165, 1.54) is 11.9 Å². The maximum Gasteiger partial charge on any atom is 0.222 e. The summed E-state index contributed by atoms with van der Waals surface area (Å²) in [6.07, 6.45) is -5.47. The van der Waals surface area contributed by atoms with Crippen molar-refractivity contribution in [1.29, 1.82) is 0 Å². The zero-order valence-corrected chi connectivity index (χ0v) is 19.3. The third-order valence-electron chi connectivity index (χ3n) is 5.76. The second-order valence-corrected chi connectivity index (χ2v) is 8.49. The van der Waals surface area contributed by atoms with Crippen LogP contribution in [0.5, 0.6) is 0 Å². The largest absolute Gasteiger partial charge is 0.394 e. The molecule has 0 fully saturated rings. The zero-order chi connectivity index (χ0) is 24.2. The van der Waals surface area contributed by atoms with Crippen molar-refractivity contribution in [2.24, 2.45) is 0 Å². The molecule has 2 bridgehead atoms. The fraction of sp³-hybridized carbons (Fsp3) is 0.727. The van der Waals surface area contributed by atoms with E-state index < -0.39 is 31.0 Å². The van der Waals surface area contributed by atoms with Crippen molar-refractivity contribution in [2.45, 2.75) is 50.3 Å². The molecule has 0 aromatic carbocycles. The second-order valence-electron chi connectivity index (χ2n) is 8.49. The number of amides is 1. The Bertz CT molecular complexity index is 684. The summed E-state index contributed by atoms with van der Waals surface area (Å²) in [7, 11) is 1.51. The van der Waals surface area contributed by atoms with E-state index in [0.29, 0.717) is 19.5 Å². The van der Waals surface area contributed by atoms with Crippen LogP contribution in [0.3, 0.4) is 0 Å². The molecule has 0 aliphatic carbocycles. The summed E-state index contributed by atoms with van der Waals surface area (Å²) in [4.78, 5) is 20.6. The highest BCUT2D eigenvalue weighted by molar-refractivity contribution is 5.75. The summed E-state index contributed by atoms with van der Waals surface area (Å²) in [6.45, 7) is 4.55. The lowest BCUT2D eigenvalue weighted by Crippen LogP contribution is -2.50. The minimum absolute atomic E-state index is 0.186. The molecule has 0 unspecified atom stereocenters. The van der Waals surface area contributed by atoms with E-state index in [9.17, 15) is 25.2 Å². The summed E-state index contributed by atoms with van der Waals surface area (Å²) in [5.41, 5.74) is 2.03. The van der Waals surface area contributed by atoms with Crippen LogP contribution in [-0.2, 0) is 17.9 Å². The van der Waals surface area contributed by atoms with Crippen molar-refractivity contribution in [3.05, 3.63) is 29.6 Å². The summed E-state index contributed by atoms with van der Waals surface area (Å²) in [6, 6.07) is 6.04. The van der Waals surface area contributed by atoms with Crippen LogP contribution < -0.4 is 10.6 Å². The number of nitrogens with one attached hydrogen (secondary N) is 2. The Morgan fingerprint density at radius 3 is 2.21 bits per heavy atom. The fourth-order valence-electron chi connectivity index (χ4n) is 3.67. The smallest absolute Gasteiger partial charge is 0.222 e. The molecule has 0 radical (unpaired) electrons. The van der Waals surface area contributed by atoms with Crippen molar-refractivity contribution in [1.82, 2.24) is 25.4 Å². The monoisotopic (exact) mass is 469 g/mol. The first kappa shape index (κ1) is 27.5. The Balaban J connectivity index is 1.73. The van der Waals surface area contributed by atoms with Gasteiger partial charge in [-0.1, -0.05) is 6.07 Å². The second kappa shape index (κ2) is 14.5. The third-order valence-corrected chi connectivity index (χ3v) is 5.76. The molecule has 0 saturated heterocycles. The highest BCUT2D eigenvalue weighted by Gasteiger charge is 2.31. The molecule has 1 aromatic heterocycles. The van der Waals surface area contributed by atoms with Crippen LogP contribution in [0.15, 0.2) is 18.2 Å². The quantitative estimate of drug-likeness (QED) is 0.191. The molecule has 2 heterocycles. The van der Waals surface area contributed by atoms with E-state index >= 15 is 0 Å². The van der Waals surface area contributed by atoms with E-state index in [2.05, 4.69) is 20.5 Å². The highest BCUT2D eigenvalue weighted by atomic mass is 16.4. The number of likely N-dealkylation sites (N-methyl/N-ethyl adjacent to an activating group) is 1. The normalized spacial score (nSPS) is 19.6. The number of nitrogens with zero attached hydrogens (tertiary/aromatic N) is 3. The average Bonchev–Trinajstić information content (AvgIpc) is 2.81. The Morgan fingerprint density at radius 2 is 1.64 bits per heavy atom. The van der Waals surface area contributed by atoms with Gasteiger partial charge in [0.25, 0.3) is 0 Å². The third kappa shape index (κ3) is 9.59. The summed E-state index contributed by atoms with van der Waals surface area (Å²) < 4.78 is 0. The van der Waals surface area contributed by atoms with Gasteiger partial charge in [0.05, 0.1) is 18.0 Å². The molecule has 0 spiro atoms. The van der Waals surface area contributed by atoms with Crippen LogP contribution >= 0.6 is 0 Å². The van der Waals surface area contributed by atoms with E-state index in [0.717, 1.165) is 44.1 Å². The number of fused-ring (bicyclic) bond motifs is 2. The van der Waals surface area contributed by atoms with Crippen molar-refractivity contribution in [3.8, 4) is 0 Å². The Labute approximate surface area is 195 Å². The van der Waals surface area contributed by atoms with Crippen molar-refractivity contribution >= 4 is 5.91 Å². The number of hydrogen-bond donors (Lipinski definition) is 7. The fourth-order valence-corrected chi connectivity index (χ4v) is 3.67. The topological polar surface area (TPSA) is 162 Å². The van der Waals surface area contributed by atoms with Gasteiger partial charge in [0.1, 0.15) is 24.4 Å². The Hall–Kier alpha value is -1.70. The van der Waals surface area contributed by atoms with Crippen molar-refractivity contribution in [2.75, 3.05) is 52.9 Å². The van der Waals surface area contributed by atoms with Crippen LogP contribution in [0.1, 0.15) is 24.2 Å². The average molecular weight is 470 g/mol. The molecule has 0 saturated carbocycles. The van der Waals surface area contributed by atoms with Gasteiger partial charge in [-0.2, -0.15) is 0 Å². The van der Waals surface area contributed by atoms with Gasteiger partial charge >= 0.3 is 0 Å². The molecule has 4 atom stereocenters. The molecule has 7 N–H and O–H groups in total. The molecule has 1 aliphatic heterocycles. The predicted octanol–water partition coefficient (Wildman–Crippen LogP) is -2.75. The van der Waals surface area contributed by atoms with Crippen LogP contribution in [-0.4, -0.2) is 124 Å². The van der Waals surface area contributed by atoms with E-state index in [4.69, 9.17) is 5.11 Å². The molecule has 188 valence electrons. The van der Waals surface area contributed by atoms with Crippen molar-refractivity contribution < 1.29 is 30.3 Å². The van der Waals surface area contributed by atoms with Gasteiger partial charge in [0.2, 0.25) is 5.91 Å². The van der Waals surface area contributed by atoms with Crippen LogP contribution in [0.4, 0.5) is 0 Å². The summed E-state index contributed by atoms with van der Waals surface area (Å²) >= 11 is 0. The van der Waals surface area contributed by atoms with Crippen LogP contribution in [0.2, 0.25) is 0 Å². The van der Waals surface area contributed by atoms with E-state index in [1.54, 1.807) is 0 Å². The molecule has 2 rings (SSSR count). The Morgan fingerprint density at radius 1 is 1.06 bits per heavy atom. The SMILES string of the molecule is CN(C[C@H](O)[C@@H](O)[C@H](O)[C@H](O)CO)C(=O)CCCN1CCNCc2cccc(n2)CNCC1. The summed E-state index contributed by atoms with van der Waals surface area (Å²) in [5.74, 6) is -0.186. The molecule has 11 heteroatoms. The van der Waals surface area contributed by atoms with Gasteiger partial charge in [-0.15, -0.1) is 0 Å². The van der Waals surface area contributed by atoms with Gasteiger partial charge in [-0.25, -0.2) is 0 Å².